The van der Waals surface area contributed by atoms with Gasteiger partial charge in [-0.15, -0.1) is 0 Å². The lowest BCUT2D eigenvalue weighted by atomic mass is 10.3. The van der Waals surface area contributed by atoms with E-state index in [1.165, 1.54) is 6.42 Å². The lowest BCUT2D eigenvalue weighted by Gasteiger charge is -2.35. The summed E-state index contributed by atoms with van der Waals surface area (Å²) in [6.07, 6.45) is 2.81. The van der Waals surface area contributed by atoms with E-state index in [0.717, 1.165) is 26.1 Å². The maximum atomic E-state index is 3.43. The normalized spacial score (nSPS) is 22.5. The van der Waals surface area contributed by atoms with Crippen LogP contribution in [0.3, 0.4) is 0 Å². The molecule has 0 aromatic rings. The smallest absolute Gasteiger partial charge is 0.0743 e. The molecule has 1 aliphatic rings. The first-order valence-electron chi connectivity index (χ1n) is 4.87. The SMILES string of the molecule is CCNC(CC)N1CCCNN1. The van der Waals surface area contributed by atoms with Gasteiger partial charge in [0, 0.05) is 13.1 Å². The molecule has 4 heteroatoms. The second kappa shape index (κ2) is 5.48. The van der Waals surface area contributed by atoms with Gasteiger partial charge in [0.1, 0.15) is 0 Å². The van der Waals surface area contributed by atoms with Gasteiger partial charge in [0.15, 0.2) is 0 Å². The van der Waals surface area contributed by atoms with Crippen molar-refractivity contribution in [2.45, 2.75) is 32.9 Å². The molecule has 1 heterocycles. The molecule has 72 valence electrons. The molecule has 1 saturated heterocycles. The maximum absolute atomic E-state index is 3.43. The van der Waals surface area contributed by atoms with Gasteiger partial charge in [-0.05, 0) is 19.4 Å². The fourth-order valence-electron chi connectivity index (χ4n) is 1.50. The summed E-state index contributed by atoms with van der Waals surface area (Å²) in [6, 6.07) is 0. The maximum Gasteiger partial charge on any atom is 0.0743 e. The molecular formula is C8H20N4. The van der Waals surface area contributed by atoms with E-state index in [2.05, 4.69) is 35.1 Å². The summed E-state index contributed by atoms with van der Waals surface area (Å²) in [7, 11) is 0. The summed E-state index contributed by atoms with van der Waals surface area (Å²) in [5.41, 5.74) is 6.32. The summed E-state index contributed by atoms with van der Waals surface area (Å²) in [5.74, 6) is 0. The van der Waals surface area contributed by atoms with Crippen molar-refractivity contribution in [1.29, 1.82) is 0 Å². The molecule has 1 aliphatic heterocycles. The van der Waals surface area contributed by atoms with Crippen LogP contribution in [0, 0.1) is 0 Å². The highest BCUT2D eigenvalue weighted by molar-refractivity contribution is 4.66. The van der Waals surface area contributed by atoms with Gasteiger partial charge in [0.05, 0.1) is 6.17 Å². The van der Waals surface area contributed by atoms with E-state index >= 15 is 0 Å². The molecule has 3 N–H and O–H groups in total. The van der Waals surface area contributed by atoms with Crippen LogP contribution in [0.15, 0.2) is 0 Å². The summed E-state index contributed by atoms with van der Waals surface area (Å²) >= 11 is 0. The summed E-state index contributed by atoms with van der Waals surface area (Å²) < 4.78 is 0. The Hall–Kier alpha value is -0.160. The van der Waals surface area contributed by atoms with Gasteiger partial charge < -0.3 is 5.32 Å². The standard InChI is InChI=1S/C8H20N4/c1-3-8(9-4-2)12-7-5-6-10-11-12/h8-11H,3-7H2,1-2H3. The highest BCUT2D eigenvalue weighted by Gasteiger charge is 2.16. The van der Waals surface area contributed by atoms with Gasteiger partial charge in [-0.1, -0.05) is 13.8 Å². The summed E-state index contributed by atoms with van der Waals surface area (Å²) in [6.45, 7) is 7.55. The number of nitrogens with zero attached hydrogens (tertiary/aromatic N) is 1. The van der Waals surface area contributed by atoms with Gasteiger partial charge in [-0.3, -0.25) is 0 Å². The third kappa shape index (κ3) is 2.71. The van der Waals surface area contributed by atoms with E-state index in [9.17, 15) is 0 Å². The number of hydrazine groups is 2. The number of hydrogen-bond acceptors (Lipinski definition) is 4. The van der Waals surface area contributed by atoms with Gasteiger partial charge in [0.2, 0.25) is 0 Å². The number of rotatable bonds is 4. The Labute approximate surface area is 74.6 Å². The van der Waals surface area contributed by atoms with Crippen LogP contribution in [0.1, 0.15) is 26.7 Å². The van der Waals surface area contributed by atoms with Crippen molar-refractivity contribution in [2.75, 3.05) is 19.6 Å². The Bertz CT molecular complexity index is 109. The van der Waals surface area contributed by atoms with Crippen LogP contribution in [0.25, 0.3) is 0 Å². The van der Waals surface area contributed by atoms with E-state index < -0.39 is 0 Å². The Balaban J connectivity index is 2.29. The second-order valence-corrected chi connectivity index (χ2v) is 3.07. The summed E-state index contributed by atoms with van der Waals surface area (Å²) in [5, 5.41) is 5.65. The fourth-order valence-corrected chi connectivity index (χ4v) is 1.50. The van der Waals surface area contributed by atoms with Gasteiger partial charge in [-0.25, -0.2) is 10.4 Å². The van der Waals surface area contributed by atoms with Crippen LogP contribution < -0.4 is 16.3 Å². The first-order valence-corrected chi connectivity index (χ1v) is 4.87. The molecule has 4 nitrogen and oxygen atoms in total. The molecule has 1 rings (SSSR count). The van der Waals surface area contributed by atoms with E-state index in [0.29, 0.717) is 6.17 Å². The number of hydrogen-bond donors (Lipinski definition) is 3. The minimum Gasteiger partial charge on any atom is -0.301 e. The molecule has 0 spiro atoms. The Morgan fingerprint density at radius 2 is 2.33 bits per heavy atom. The van der Waals surface area contributed by atoms with Crippen molar-refractivity contribution in [3.63, 3.8) is 0 Å². The molecule has 0 radical (unpaired) electrons. The molecule has 0 aromatic heterocycles. The quantitative estimate of drug-likeness (QED) is 0.560. The zero-order chi connectivity index (χ0) is 8.81. The third-order valence-corrected chi connectivity index (χ3v) is 2.13. The summed E-state index contributed by atoms with van der Waals surface area (Å²) in [4.78, 5) is 0. The predicted octanol–water partition coefficient (Wildman–Crippen LogP) is 0.0469. The Morgan fingerprint density at radius 1 is 1.50 bits per heavy atom. The lowest BCUT2D eigenvalue weighted by molar-refractivity contribution is 0.0477. The average Bonchev–Trinajstić information content (AvgIpc) is 2.15. The van der Waals surface area contributed by atoms with E-state index in [1.807, 2.05) is 0 Å². The van der Waals surface area contributed by atoms with E-state index in [4.69, 9.17) is 0 Å². The largest absolute Gasteiger partial charge is 0.301 e. The monoisotopic (exact) mass is 172 g/mol. The lowest BCUT2D eigenvalue weighted by Crippen LogP contribution is -2.60. The molecule has 0 aromatic carbocycles. The van der Waals surface area contributed by atoms with Crippen LogP contribution in [0.5, 0.6) is 0 Å². The molecule has 0 amide bonds. The first kappa shape index (κ1) is 9.92. The van der Waals surface area contributed by atoms with Crippen LogP contribution in [-0.4, -0.2) is 30.8 Å². The Kier molecular flexibility index (Phi) is 4.53. The molecule has 1 fully saturated rings. The molecule has 1 atom stereocenters. The molecule has 0 bridgehead atoms. The fraction of sp³-hybridized carbons (Fsp3) is 1.00. The van der Waals surface area contributed by atoms with E-state index in [-0.39, 0.29) is 0 Å². The Morgan fingerprint density at radius 3 is 2.83 bits per heavy atom. The molecule has 1 unspecified atom stereocenters. The molecule has 12 heavy (non-hydrogen) atoms. The third-order valence-electron chi connectivity index (χ3n) is 2.13. The first-order chi connectivity index (χ1) is 5.88. The van der Waals surface area contributed by atoms with Gasteiger partial charge >= 0.3 is 0 Å². The predicted molar refractivity (Wildman–Crippen MR) is 50.2 cm³/mol. The minimum absolute atomic E-state index is 0.461. The molecule has 0 saturated carbocycles. The van der Waals surface area contributed by atoms with Crippen molar-refractivity contribution >= 4 is 0 Å². The van der Waals surface area contributed by atoms with Crippen LogP contribution >= 0.6 is 0 Å². The number of nitrogens with one attached hydrogen (secondary N) is 3. The van der Waals surface area contributed by atoms with Crippen molar-refractivity contribution in [1.82, 2.24) is 21.3 Å². The topological polar surface area (TPSA) is 39.3 Å². The highest BCUT2D eigenvalue weighted by atomic mass is 15.7. The van der Waals surface area contributed by atoms with Crippen molar-refractivity contribution in [2.24, 2.45) is 0 Å². The van der Waals surface area contributed by atoms with E-state index in [1.54, 1.807) is 0 Å². The van der Waals surface area contributed by atoms with Crippen molar-refractivity contribution in [3.8, 4) is 0 Å². The zero-order valence-corrected chi connectivity index (χ0v) is 8.06. The highest BCUT2D eigenvalue weighted by Crippen LogP contribution is 2.00. The van der Waals surface area contributed by atoms with Crippen molar-refractivity contribution < 1.29 is 0 Å². The average molecular weight is 172 g/mol. The van der Waals surface area contributed by atoms with Gasteiger partial charge in [-0.2, -0.15) is 5.53 Å². The van der Waals surface area contributed by atoms with Gasteiger partial charge in [0.25, 0.3) is 0 Å². The van der Waals surface area contributed by atoms with Crippen LogP contribution in [0.2, 0.25) is 0 Å². The molecule has 0 aliphatic carbocycles. The van der Waals surface area contributed by atoms with Crippen molar-refractivity contribution in [3.05, 3.63) is 0 Å². The zero-order valence-electron chi connectivity index (χ0n) is 8.06. The van der Waals surface area contributed by atoms with Crippen LogP contribution in [0.4, 0.5) is 0 Å². The van der Waals surface area contributed by atoms with Crippen LogP contribution in [-0.2, 0) is 0 Å². The minimum atomic E-state index is 0.461. The molecular weight excluding hydrogens is 152 g/mol. The second-order valence-electron chi connectivity index (χ2n) is 3.07.